The van der Waals surface area contributed by atoms with Crippen LogP contribution in [0.15, 0.2) is 36.9 Å². The van der Waals surface area contributed by atoms with Crippen molar-refractivity contribution in [2.24, 2.45) is 5.92 Å². The molecule has 1 aliphatic rings. The van der Waals surface area contributed by atoms with E-state index in [1.807, 2.05) is 6.08 Å². The maximum Gasteiger partial charge on any atom is 0.0867 e. The molecule has 0 aromatic heterocycles. The third-order valence-corrected chi connectivity index (χ3v) is 4.28. The highest BCUT2D eigenvalue weighted by Gasteiger charge is 2.27. The number of hydrogen-bond acceptors (Lipinski definition) is 3. The molecule has 3 heteroatoms. The fraction of sp³-hybridized carbons (Fsp3) is 0.579. The average Bonchev–Trinajstić information content (AvgIpc) is 2.57. The minimum Gasteiger partial charge on any atom is -0.385 e. The molecule has 1 fully saturated rings. The van der Waals surface area contributed by atoms with Gasteiger partial charge in [-0.1, -0.05) is 30.3 Å². The smallest absolute Gasteiger partial charge is 0.0867 e. The van der Waals surface area contributed by atoms with Crippen LogP contribution in [0.2, 0.25) is 0 Å². The fourth-order valence-electron chi connectivity index (χ4n) is 3.18. The van der Waals surface area contributed by atoms with Crippen molar-refractivity contribution in [3.8, 4) is 0 Å². The van der Waals surface area contributed by atoms with E-state index in [0.717, 1.165) is 39.1 Å². The Morgan fingerprint density at radius 2 is 2.23 bits per heavy atom. The number of hydrogen-bond donors (Lipinski definition) is 1. The number of methoxy groups -OCH3 is 1. The summed E-state index contributed by atoms with van der Waals surface area (Å²) in [6.45, 7) is 7.55. The van der Waals surface area contributed by atoms with Crippen LogP contribution in [0.3, 0.4) is 0 Å². The molecule has 1 saturated heterocycles. The molecule has 1 aliphatic heterocycles. The normalized spacial score (nSPS) is 19.8. The van der Waals surface area contributed by atoms with Gasteiger partial charge in [-0.2, -0.15) is 0 Å². The van der Waals surface area contributed by atoms with Crippen LogP contribution >= 0.6 is 0 Å². The number of ether oxygens (including phenoxy) is 2. The molecule has 2 rings (SSSR count). The molecular weight excluding hydrogens is 274 g/mol. The van der Waals surface area contributed by atoms with Gasteiger partial charge < -0.3 is 14.8 Å². The van der Waals surface area contributed by atoms with Gasteiger partial charge in [0.2, 0.25) is 0 Å². The molecule has 1 N–H and O–H groups in total. The zero-order valence-corrected chi connectivity index (χ0v) is 13.7. The first kappa shape index (κ1) is 17.2. The van der Waals surface area contributed by atoms with E-state index in [9.17, 15) is 0 Å². The van der Waals surface area contributed by atoms with E-state index in [0.29, 0.717) is 5.92 Å². The summed E-state index contributed by atoms with van der Waals surface area (Å²) >= 11 is 0. The Labute approximate surface area is 134 Å². The Bertz CT molecular complexity index is 441. The molecule has 1 heterocycles. The number of benzene rings is 1. The molecule has 0 radical (unpaired) electrons. The Hall–Kier alpha value is -1.16. The van der Waals surface area contributed by atoms with Crippen LogP contribution in [-0.2, 0) is 15.9 Å². The van der Waals surface area contributed by atoms with Gasteiger partial charge in [-0.3, -0.25) is 0 Å². The Morgan fingerprint density at radius 3 is 2.95 bits per heavy atom. The van der Waals surface area contributed by atoms with Crippen LogP contribution in [0.4, 0.5) is 0 Å². The van der Waals surface area contributed by atoms with Crippen LogP contribution < -0.4 is 5.32 Å². The van der Waals surface area contributed by atoms with E-state index in [-0.39, 0.29) is 6.10 Å². The highest BCUT2D eigenvalue weighted by atomic mass is 16.5. The highest BCUT2D eigenvalue weighted by molar-refractivity contribution is 5.31. The Kier molecular flexibility index (Phi) is 7.64. The SMILES string of the molecule is C=CCc1ccccc1C(OCCCOC)[C@@H]1CCCNC1. The largest absolute Gasteiger partial charge is 0.385 e. The van der Waals surface area contributed by atoms with E-state index in [1.54, 1.807) is 7.11 Å². The van der Waals surface area contributed by atoms with E-state index in [1.165, 1.54) is 24.0 Å². The third-order valence-electron chi connectivity index (χ3n) is 4.28. The molecule has 1 aromatic carbocycles. The van der Waals surface area contributed by atoms with Crippen LogP contribution in [0.5, 0.6) is 0 Å². The molecule has 22 heavy (non-hydrogen) atoms. The maximum atomic E-state index is 6.30. The molecule has 3 nitrogen and oxygen atoms in total. The first-order chi connectivity index (χ1) is 10.9. The second kappa shape index (κ2) is 9.78. The lowest BCUT2D eigenvalue weighted by atomic mass is 9.86. The maximum absolute atomic E-state index is 6.30. The number of rotatable bonds is 9. The first-order valence-corrected chi connectivity index (χ1v) is 8.36. The summed E-state index contributed by atoms with van der Waals surface area (Å²) in [5.74, 6) is 0.544. The van der Waals surface area contributed by atoms with Crippen molar-refractivity contribution in [2.45, 2.75) is 31.8 Å². The molecule has 0 bridgehead atoms. The zero-order valence-electron chi connectivity index (χ0n) is 13.7. The van der Waals surface area contributed by atoms with Gasteiger partial charge in [0.25, 0.3) is 0 Å². The number of nitrogens with one attached hydrogen (secondary N) is 1. The van der Waals surface area contributed by atoms with Gasteiger partial charge in [-0.25, -0.2) is 0 Å². The summed E-state index contributed by atoms with van der Waals surface area (Å²) in [4.78, 5) is 0. The Balaban J connectivity index is 2.13. The van der Waals surface area contributed by atoms with Gasteiger partial charge in [0.1, 0.15) is 0 Å². The third kappa shape index (κ3) is 4.94. The van der Waals surface area contributed by atoms with Gasteiger partial charge in [-0.15, -0.1) is 6.58 Å². The van der Waals surface area contributed by atoms with E-state index >= 15 is 0 Å². The second-order valence-electron chi connectivity index (χ2n) is 5.94. The van der Waals surface area contributed by atoms with Crippen LogP contribution in [0.1, 0.15) is 36.5 Å². The van der Waals surface area contributed by atoms with Gasteiger partial charge >= 0.3 is 0 Å². The summed E-state index contributed by atoms with van der Waals surface area (Å²) < 4.78 is 11.4. The van der Waals surface area contributed by atoms with Crippen molar-refractivity contribution in [3.63, 3.8) is 0 Å². The molecule has 0 spiro atoms. The predicted octanol–water partition coefficient (Wildman–Crippen LogP) is 3.51. The van der Waals surface area contributed by atoms with Gasteiger partial charge in [-0.05, 0) is 43.4 Å². The molecule has 2 atom stereocenters. The van der Waals surface area contributed by atoms with Crippen molar-refractivity contribution in [3.05, 3.63) is 48.0 Å². The Morgan fingerprint density at radius 1 is 1.36 bits per heavy atom. The average molecular weight is 303 g/mol. The van der Waals surface area contributed by atoms with Crippen molar-refractivity contribution in [1.29, 1.82) is 0 Å². The standard InChI is InChI=1S/C19H29NO2/c1-3-8-16-9-4-5-11-18(16)19(22-14-7-13-21-2)17-10-6-12-20-15-17/h3-5,9,11,17,19-20H,1,6-8,10,12-15H2,2H3/t17-,19?/m1/s1. The summed E-state index contributed by atoms with van der Waals surface area (Å²) in [7, 11) is 1.74. The molecule has 0 saturated carbocycles. The van der Waals surface area contributed by atoms with E-state index in [2.05, 4.69) is 36.2 Å². The lowest BCUT2D eigenvalue weighted by Crippen LogP contribution is -2.34. The summed E-state index contributed by atoms with van der Waals surface area (Å²) in [6, 6.07) is 8.63. The molecular formula is C19H29NO2. The predicted molar refractivity (Wildman–Crippen MR) is 91.1 cm³/mol. The fourth-order valence-corrected chi connectivity index (χ4v) is 3.18. The lowest BCUT2D eigenvalue weighted by Gasteiger charge is -2.32. The monoisotopic (exact) mass is 303 g/mol. The van der Waals surface area contributed by atoms with Gasteiger partial charge in [0.05, 0.1) is 6.10 Å². The summed E-state index contributed by atoms with van der Waals surface area (Å²) in [6.07, 6.45) is 6.43. The summed E-state index contributed by atoms with van der Waals surface area (Å²) in [5.41, 5.74) is 2.66. The van der Waals surface area contributed by atoms with Gasteiger partial charge in [0, 0.05) is 32.8 Å². The molecule has 0 amide bonds. The van der Waals surface area contributed by atoms with Crippen molar-refractivity contribution in [1.82, 2.24) is 5.32 Å². The van der Waals surface area contributed by atoms with Crippen molar-refractivity contribution < 1.29 is 9.47 Å². The summed E-state index contributed by atoms with van der Waals surface area (Å²) in [5, 5.41) is 3.51. The minimum atomic E-state index is 0.167. The van der Waals surface area contributed by atoms with Gasteiger partial charge in [0.15, 0.2) is 0 Å². The second-order valence-corrected chi connectivity index (χ2v) is 5.94. The molecule has 1 aromatic rings. The topological polar surface area (TPSA) is 30.5 Å². The van der Waals surface area contributed by atoms with Crippen molar-refractivity contribution >= 4 is 0 Å². The molecule has 0 aliphatic carbocycles. The van der Waals surface area contributed by atoms with Crippen LogP contribution in [-0.4, -0.2) is 33.4 Å². The molecule has 1 unspecified atom stereocenters. The number of piperidine rings is 1. The lowest BCUT2D eigenvalue weighted by molar-refractivity contribution is -0.00544. The van der Waals surface area contributed by atoms with E-state index < -0.39 is 0 Å². The number of allylic oxidation sites excluding steroid dienone is 1. The van der Waals surface area contributed by atoms with Crippen LogP contribution in [0.25, 0.3) is 0 Å². The van der Waals surface area contributed by atoms with Crippen molar-refractivity contribution in [2.75, 3.05) is 33.4 Å². The quantitative estimate of drug-likeness (QED) is 0.559. The zero-order chi connectivity index (χ0) is 15.6. The highest BCUT2D eigenvalue weighted by Crippen LogP contribution is 2.33. The van der Waals surface area contributed by atoms with E-state index in [4.69, 9.17) is 9.47 Å². The first-order valence-electron chi connectivity index (χ1n) is 8.36. The molecule has 122 valence electrons. The minimum absolute atomic E-state index is 0.167. The van der Waals surface area contributed by atoms with Crippen LogP contribution in [0, 0.1) is 5.92 Å².